The Hall–Kier alpha value is -3.04. The van der Waals surface area contributed by atoms with E-state index in [1.807, 2.05) is 12.1 Å². The van der Waals surface area contributed by atoms with E-state index in [4.69, 9.17) is 10.5 Å². The summed E-state index contributed by atoms with van der Waals surface area (Å²) in [6.45, 7) is 5.54. The molecule has 0 spiro atoms. The largest absolute Gasteiger partial charge is 0.459 e. The van der Waals surface area contributed by atoms with Gasteiger partial charge >= 0.3 is 0 Å². The van der Waals surface area contributed by atoms with E-state index >= 15 is 0 Å². The Labute approximate surface area is 148 Å². The molecule has 0 aliphatic carbocycles. The van der Waals surface area contributed by atoms with Crippen molar-refractivity contribution in [1.29, 1.82) is 0 Å². The summed E-state index contributed by atoms with van der Waals surface area (Å²) in [5, 5.41) is 9.58. The number of aryl methyl sites for hydroxylation is 1. The summed E-state index contributed by atoms with van der Waals surface area (Å²) >= 11 is 0. The van der Waals surface area contributed by atoms with E-state index in [0.717, 1.165) is 11.1 Å². The predicted molar refractivity (Wildman–Crippen MR) is 102 cm³/mol. The molecule has 0 bridgehead atoms. The van der Waals surface area contributed by atoms with E-state index in [9.17, 15) is 5.11 Å². The minimum Gasteiger partial charge on any atom is -0.459 e. The highest BCUT2D eigenvalue weighted by Crippen LogP contribution is 2.26. The van der Waals surface area contributed by atoms with Crippen LogP contribution in [0, 0.1) is 6.92 Å². The molecule has 0 fully saturated rings. The molecule has 126 valence electrons. The van der Waals surface area contributed by atoms with Crippen molar-refractivity contribution in [2.24, 2.45) is 5.73 Å². The summed E-state index contributed by atoms with van der Waals surface area (Å²) in [5.74, 6) is 0.541. The third-order valence-corrected chi connectivity index (χ3v) is 4.02. The number of rotatable bonds is 5. The molecule has 0 aliphatic rings. The van der Waals surface area contributed by atoms with Crippen molar-refractivity contribution < 1.29 is 9.84 Å². The van der Waals surface area contributed by atoms with Gasteiger partial charge in [-0.2, -0.15) is 0 Å². The molecular formula is C22H21NO2. The quantitative estimate of drug-likeness (QED) is 0.677. The third-order valence-electron chi connectivity index (χ3n) is 4.02. The molecule has 25 heavy (non-hydrogen) atoms. The minimum absolute atomic E-state index is 0.0794. The van der Waals surface area contributed by atoms with Crippen molar-refractivity contribution in [2.75, 3.05) is 0 Å². The third kappa shape index (κ3) is 4.08. The number of aliphatic hydroxyl groups excluding tert-OH is 1. The van der Waals surface area contributed by atoms with E-state index < -0.39 is 6.29 Å². The summed E-state index contributed by atoms with van der Waals surface area (Å²) in [5.41, 5.74) is 11.3. The Balaban J connectivity index is 1.76. The second-order valence-corrected chi connectivity index (χ2v) is 6.01. The Kier molecular flexibility index (Phi) is 4.87. The fourth-order valence-corrected chi connectivity index (χ4v) is 2.53. The summed E-state index contributed by atoms with van der Waals surface area (Å²) < 4.78 is 5.28. The van der Waals surface area contributed by atoms with Gasteiger partial charge in [-0.25, -0.2) is 0 Å². The molecule has 3 heteroatoms. The first-order valence-corrected chi connectivity index (χ1v) is 8.09. The maximum atomic E-state index is 9.58. The molecule has 3 rings (SSSR count). The van der Waals surface area contributed by atoms with Gasteiger partial charge in [-0.3, -0.25) is 0 Å². The average Bonchev–Trinajstić information content (AvgIpc) is 2.63. The topological polar surface area (TPSA) is 55.5 Å². The first kappa shape index (κ1) is 16.8. The van der Waals surface area contributed by atoms with E-state index in [2.05, 4.69) is 62.0 Å². The summed E-state index contributed by atoms with van der Waals surface area (Å²) in [6, 6.07) is 24.4. The van der Waals surface area contributed by atoms with Gasteiger partial charge in [-0.15, -0.1) is 0 Å². The van der Waals surface area contributed by atoms with Crippen LogP contribution in [0.3, 0.4) is 0 Å². The summed E-state index contributed by atoms with van der Waals surface area (Å²) in [7, 11) is 0. The van der Waals surface area contributed by atoms with E-state index in [-0.39, 0.29) is 5.70 Å². The van der Waals surface area contributed by atoms with Crippen LogP contribution >= 0.6 is 0 Å². The molecule has 0 aromatic heterocycles. The van der Waals surface area contributed by atoms with Crippen molar-refractivity contribution >= 4 is 0 Å². The second kappa shape index (κ2) is 7.24. The van der Waals surface area contributed by atoms with Gasteiger partial charge in [0.15, 0.2) is 0 Å². The average molecular weight is 331 g/mol. The molecule has 3 nitrogen and oxygen atoms in total. The first-order valence-electron chi connectivity index (χ1n) is 8.09. The standard InChI is InChI=1S/C22H21NO2/c1-15-3-5-17(6-4-15)18-7-9-19(10-8-18)20-11-13-21(14-12-20)25-22(24)16(2)23/h3-14,22,24H,2,23H2,1H3. The number of ether oxygens (including phenoxy) is 1. The molecule has 1 unspecified atom stereocenters. The highest BCUT2D eigenvalue weighted by Gasteiger charge is 2.07. The van der Waals surface area contributed by atoms with Gasteiger partial charge < -0.3 is 15.6 Å². The molecule has 0 amide bonds. The van der Waals surface area contributed by atoms with Crippen molar-refractivity contribution in [3.8, 4) is 28.0 Å². The predicted octanol–water partition coefficient (Wildman–Crippen LogP) is 4.50. The van der Waals surface area contributed by atoms with Crippen LogP contribution in [0.4, 0.5) is 0 Å². The molecule has 3 aromatic rings. The minimum atomic E-state index is -1.19. The fraction of sp³-hybridized carbons (Fsp3) is 0.0909. The molecule has 0 aliphatic heterocycles. The van der Waals surface area contributed by atoms with Crippen LogP contribution in [-0.2, 0) is 0 Å². The lowest BCUT2D eigenvalue weighted by molar-refractivity contribution is 0.0139. The van der Waals surface area contributed by atoms with Crippen LogP contribution in [0.1, 0.15) is 5.56 Å². The second-order valence-electron chi connectivity index (χ2n) is 6.01. The Morgan fingerprint density at radius 2 is 1.16 bits per heavy atom. The number of benzene rings is 3. The van der Waals surface area contributed by atoms with Crippen LogP contribution in [0.15, 0.2) is 85.1 Å². The summed E-state index contributed by atoms with van der Waals surface area (Å²) in [4.78, 5) is 0. The Bertz CT molecular complexity index is 850. The van der Waals surface area contributed by atoms with Crippen LogP contribution in [-0.4, -0.2) is 11.4 Å². The van der Waals surface area contributed by atoms with E-state index in [1.165, 1.54) is 16.7 Å². The van der Waals surface area contributed by atoms with Gasteiger partial charge in [0.25, 0.3) is 0 Å². The van der Waals surface area contributed by atoms with Crippen molar-refractivity contribution in [2.45, 2.75) is 13.2 Å². The molecule has 3 aromatic carbocycles. The number of hydrogen-bond donors (Lipinski definition) is 2. The van der Waals surface area contributed by atoms with Gasteiger partial charge in [0.2, 0.25) is 6.29 Å². The van der Waals surface area contributed by atoms with Gasteiger partial charge in [-0.1, -0.05) is 72.8 Å². The fourth-order valence-electron chi connectivity index (χ4n) is 2.53. The maximum Gasteiger partial charge on any atom is 0.238 e. The smallest absolute Gasteiger partial charge is 0.238 e. The zero-order chi connectivity index (χ0) is 17.8. The summed E-state index contributed by atoms with van der Waals surface area (Å²) in [6.07, 6.45) is -1.19. The number of hydrogen-bond acceptors (Lipinski definition) is 3. The monoisotopic (exact) mass is 331 g/mol. The van der Waals surface area contributed by atoms with Gasteiger partial charge in [0, 0.05) is 0 Å². The zero-order valence-electron chi connectivity index (χ0n) is 14.1. The van der Waals surface area contributed by atoms with Crippen molar-refractivity contribution in [1.82, 2.24) is 0 Å². The highest BCUT2D eigenvalue weighted by molar-refractivity contribution is 5.70. The molecule has 0 saturated carbocycles. The highest BCUT2D eigenvalue weighted by atomic mass is 16.6. The maximum absolute atomic E-state index is 9.58. The number of aliphatic hydroxyl groups is 1. The van der Waals surface area contributed by atoms with Crippen LogP contribution in [0.5, 0.6) is 5.75 Å². The molecule has 1 atom stereocenters. The lowest BCUT2D eigenvalue weighted by Gasteiger charge is -2.13. The lowest BCUT2D eigenvalue weighted by Crippen LogP contribution is -2.22. The van der Waals surface area contributed by atoms with Gasteiger partial charge in [0.1, 0.15) is 5.75 Å². The molecular weight excluding hydrogens is 310 g/mol. The molecule has 0 heterocycles. The van der Waals surface area contributed by atoms with Crippen molar-refractivity contribution in [3.05, 3.63) is 90.6 Å². The van der Waals surface area contributed by atoms with Crippen LogP contribution in [0.2, 0.25) is 0 Å². The number of nitrogens with two attached hydrogens (primary N) is 1. The van der Waals surface area contributed by atoms with Crippen LogP contribution in [0.25, 0.3) is 22.3 Å². The zero-order valence-corrected chi connectivity index (χ0v) is 14.1. The Morgan fingerprint density at radius 3 is 1.56 bits per heavy atom. The Morgan fingerprint density at radius 1 is 0.800 bits per heavy atom. The van der Waals surface area contributed by atoms with E-state index in [0.29, 0.717) is 5.75 Å². The van der Waals surface area contributed by atoms with Crippen LogP contribution < -0.4 is 10.5 Å². The first-order chi connectivity index (χ1) is 12.0. The normalized spacial score (nSPS) is 11.8. The SMILES string of the molecule is C=C(N)C(O)Oc1ccc(-c2ccc(-c3ccc(C)cc3)cc2)cc1. The van der Waals surface area contributed by atoms with E-state index in [1.54, 1.807) is 12.1 Å². The lowest BCUT2D eigenvalue weighted by atomic mass is 10.00. The molecule has 3 N–H and O–H groups in total. The van der Waals surface area contributed by atoms with Crippen molar-refractivity contribution in [3.63, 3.8) is 0 Å². The van der Waals surface area contributed by atoms with Gasteiger partial charge in [0.05, 0.1) is 5.70 Å². The molecule has 0 radical (unpaired) electrons. The van der Waals surface area contributed by atoms with Gasteiger partial charge in [-0.05, 0) is 41.3 Å². The molecule has 0 saturated heterocycles.